The summed E-state index contributed by atoms with van der Waals surface area (Å²) in [5.41, 5.74) is -0.431. The van der Waals surface area contributed by atoms with Gasteiger partial charge < -0.3 is 14.2 Å². The lowest BCUT2D eigenvalue weighted by atomic mass is 10.1. The van der Waals surface area contributed by atoms with E-state index < -0.39 is 5.60 Å². The third kappa shape index (κ3) is 3.89. The molecule has 4 nitrogen and oxygen atoms in total. The Morgan fingerprint density at radius 2 is 1.83 bits per heavy atom. The van der Waals surface area contributed by atoms with Crippen LogP contribution in [0, 0.1) is 0 Å². The second-order valence-corrected chi connectivity index (χ2v) is 8.09. The van der Waals surface area contributed by atoms with Gasteiger partial charge in [-0.05, 0) is 51.1 Å². The molecule has 3 rings (SSSR count). The van der Waals surface area contributed by atoms with Gasteiger partial charge in [-0.15, -0.1) is 0 Å². The van der Waals surface area contributed by atoms with Gasteiger partial charge in [0, 0.05) is 41.4 Å². The van der Waals surface area contributed by atoms with Gasteiger partial charge in [0.2, 0.25) is 0 Å². The molecule has 5 heteroatoms. The summed E-state index contributed by atoms with van der Waals surface area (Å²) >= 11 is 3.52. The first-order chi connectivity index (χ1) is 10.8. The van der Waals surface area contributed by atoms with Gasteiger partial charge in [0.05, 0.1) is 0 Å². The smallest absolute Gasteiger partial charge is 0.410 e. The Morgan fingerprint density at radius 3 is 2.48 bits per heavy atom. The van der Waals surface area contributed by atoms with E-state index in [1.807, 2.05) is 25.7 Å². The van der Waals surface area contributed by atoms with E-state index >= 15 is 0 Å². The molecule has 0 radical (unpaired) electrons. The second kappa shape index (κ2) is 6.19. The van der Waals surface area contributed by atoms with Crippen LogP contribution in [0.25, 0.3) is 10.8 Å². The van der Waals surface area contributed by atoms with Gasteiger partial charge in [-0.2, -0.15) is 0 Å². The molecule has 0 saturated carbocycles. The van der Waals surface area contributed by atoms with Crippen LogP contribution in [0.2, 0.25) is 0 Å². The van der Waals surface area contributed by atoms with Gasteiger partial charge in [0.25, 0.3) is 0 Å². The number of ether oxygens (including phenoxy) is 1. The minimum atomic E-state index is -0.431. The normalized spacial score (nSPS) is 16.8. The van der Waals surface area contributed by atoms with E-state index in [2.05, 4.69) is 51.1 Å². The summed E-state index contributed by atoms with van der Waals surface area (Å²) in [5.74, 6) is 0. The van der Waals surface area contributed by atoms with Crippen LogP contribution in [-0.2, 0) is 4.74 Å². The van der Waals surface area contributed by atoms with E-state index in [1.54, 1.807) is 0 Å². The van der Waals surface area contributed by atoms with Crippen LogP contribution in [0.5, 0.6) is 0 Å². The Hall–Kier alpha value is -1.49. The second-order valence-electron chi connectivity index (χ2n) is 7.18. The number of piperidine rings is 1. The minimum absolute atomic E-state index is 0.197. The molecule has 0 atom stereocenters. The van der Waals surface area contributed by atoms with Crippen LogP contribution in [0.3, 0.4) is 0 Å². The highest BCUT2D eigenvalue weighted by atomic mass is 79.9. The molecular formula is C18H23BrN2O2. The monoisotopic (exact) mass is 378 g/mol. The molecule has 23 heavy (non-hydrogen) atoms. The SMILES string of the molecule is CC(C)(C)OC(=O)N1CCC(n2cc3ccc(Br)cc3c2)CC1. The van der Waals surface area contributed by atoms with Crippen LogP contribution in [0.4, 0.5) is 4.79 Å². The molecule has 2 heterocycles. The molecule has 1 aliphatic heterocycles. The lowest BCUT2D eigenvalue weighted by Gasteiger charge is -2.34. The summed E-state index contributed by atoms with van der Waals surface area (Å²) in [7, 11) is 0. The molecule has 0 spiro atoms. The molecule has 1 amide bonds. The first-order valence-corrected chi connectivity index (χ1v) is 8.86. The average Bonchev–Trinajstić information content (AvgIpc) is 2.88. The zero-order valence-corrected chi connectivity index (χ0v) is 15.5. The lowest BCUT2D eigenvalue weighted by molar-refractivity contribution is 0.0188. The number of halogens is 1. The Bertz CT molecular complexity index is 709. The van der Waals surface area contributed by atoms with E-state index in [0.717, 1.165) is 30.4 Å². The highest BCUT2D eigenvalue weighted by molar-refractivity contribution is 9.10. The van der Waals surface area contributed by atoms with Crippen molar-refractivity contribution in [2.45, 2.75) is 45.3 Å². The van der Waals surface area contributed by atoms with Crippen molar-refractivity contribution in [3.05, 3.63) is 35.1 Å². The Morgan fingerprint density at radius 1 is 1.17 bits per heavy atom. The molecule has 0 bridgehead atoms. The van der Waals surface area contributed by atoms with E-state index in [9.17, 15) is 4.79 Å². The first-order valence-electron chi connectivity index (χ1n) is 8.06. The molecule has 0 N–H and O–H groups in total. The summed E-state index contributed by atoms with van der Waals surface area (Å²) in [6.45, 7) is 7.21. The van der Waals surface area contributed by atoms with Gasteiger partial charge in [-0.1, -0.05) is 22.0 Å². The van der Waals surface area contributed by atoms with Crippen LogP contribution >= 0.6 is 15.9 Å². The maximum atomic E-state index is 12.1. The summed E-state index contributed by atoms with van der Waals surface area (Å²) < 4.78 is 8.85. The highest BCUT2D eigenvalue weighted by Crippen LogP contribution is 2.28. The first kappa shape index (κ1) is 16.4. The zero-order valence-electron chi connectivity index (χ0n) is 13.9. The number of fused-ring (bicyclic) bond motifs is 1. The van der Waals surface area contributed by atoms with Crippen LogP contribution in [0.15, 0.2) is 35.1 Å². The fraction of sp³-hybridized carbons (Fsp3) is 0.500. The van der Waals surface area contributed by atoms with Crippen molar-refractivity contribution in [2.75, 3.05) is 13.1 Å². The van der Waals surface area contributed by atoms with Gasteiger partial charge in [-0.25, -0.2) is 4.79 Å². The summed E-state index contributed by atoms with van der Waals surface area (Å²) in [4.78, 5) is 13.9. The van der Waals surface area contributed by atoms with Gasteiger partial charge >= 0.3 is 6.09 Å². The molecule has 0 unspecified atom stereocenters. The summed E-state index contributed by atoms with van der Waals surface area (Å²) in [5, 5.41) is 2.50. The van der Waals surface area contributed by atoms with E-state index in [4.69, 9.17) is 4.74 Å². The van der Waals surface area contributed by atoms with Crippen LogP contribution in [-0.4, -0.2) is 34.3 Å². The average molecular weight is 379 g/mol. The molecule has 1 fully saturated rings. The third-order valence-corrected chi connectivity index (χ3v) is 4.66. The van der Waals surface area contributed by atoms with Crippen molar-refractivity contribution in [3.8, 4) is 0 Å². The largest absolute Gasteiger partial charge is 0.444 e. The molecule has 1 saturated heterocycles. The van der Waals surface area contributed by atoms with Crippen LogP contribution < -0.4 is 0 Å². The minimum Gasteiger partial charge on any atom is -0.444 e. The van der Waals surface area contributed by atoms with Gasteiger partial charge in [0.15, 0.2) is 0 Å². The number of nitrogens with zero attached hydrogens (tertiary/aromatic N) is 2. The number of amides is 1. The molecule has 1 aromatic heterocycles. The molecule has 1 aromatic carbocycles. The van der Waals surface area contributed by atoms with Crippen molar-refractivity contribution < 1.29 is 9.53 Å². The molecule has 2 aromatic rings. The number of rotatable bonds is 1. The number of benzene rings is 1. The lowest BCUT2D eigenvalue weighted by Crippen LogP contribution is -2.42. The van der Waals surface area contributed by atoms with E-state index in [-0.39, 0.29) is 6.09 Å². The predicted octanol–water partition coefficient (Wildman–Crippen LogP) is 4.98. The van der Waals surface area contributed by atoms with Gasteiger partial charge in [0.1, 0.15) is 5.60 Å². The Kier molecular flexibility index (Phi) is 4.41. The van der Waals surface area contributed by atoms with Crippen molar-refractivity contribution in [1.82, 2.24) is 9.47 Å². The Balaban J connectivity index is 1.65. The number of aromatic nitrogens is 1. The molecular weight excluding hydrogens is 356 g/mol. The summed E-state index contributed by atoms with van der Waals surface area (Å²) in [6, 6.07) is 6.78. The van der Waals surface area contributed by atoms with Crippen molar-refractivity contribution >= 4 is 32.8 Å². The zero-order chi connectivity index (χ0) is 16.6. The molecule has 124 valence electrons. The van der Waals surface area contributed by atoms with E-state index in [1.165, 1.54) is 10.8 Å². The number of hydrogen-bond acceptors (Lipinski definition) is 2. The van der Waals surface area contributed by atoms with Crippen molar-refractivity contribution in [1.29, 1.82) is 0 Å². The number of hydrogen-bond donors (Lipinski definition) is 0. The fourth-order valence-electron chi connectivity index (χ4n) is 3.02. The predicted molar refractivity (Wildman–Crippen MR) is 95.7 cm³/mol. The Labute approximate surface area is 145 Å². The fourth-order valence-corrected chi connectivity index (χ4v) is 3.40. The number of likely N-dealkylation sites (tertiary alicyclic amines) is 1. The maximum Gasteiger partial charge on any atom is 0.410 e. The topological polar surface area (TPSA) is 34.5 Å². The number of carbonyl (C=O) groups excluding carboxylic acids is 1. The third-order valence-electron chi connectivity index (χ3n) is 4.16. The number of carbonyl (C=O) groups is 1. The highest BCUT2D eigenvalue weighted by Gasteiger charge is 2.27. The quantitative estimate of drug-likeness (QED) is 0.701. The van der Waals surface area contributed by atoms with Crippen molar-refractivity contribution in [2.24, 2.45) is 0 Å². The standard InChI is InChI=1S/C18H23BrN2O2/c1-18(2,3)23-17(22)20-8-6-16(7-9-20)21-11-13-4-5-15(19)10-14(13)12-21/h4-5,10-12,16H,6-9H2,1-3H3. The molecule has 1 aliphatic rings. The van der Waals surface area contributed by atoms with E-state index in [0.29, 0.717) is 6.04 Å². The van der Waals surface area contributed by atoms with Crippen LogP contribution in [0.1, 0.15) is 39.7 Å². The maximum absolute atomic E-state index is 12.1. The van der Waals surface area contributed by atoms with Gasteiger partial charge in [-0.3, -0.25) is 0 Å². The van der Waals surface area contributed by atoms with Crippen molar-refractivity contribution in [3.63, 3.8) is 0 Å². The summed E-state index contributed by atoms with van der Waals surface area (Å²) in [6.07, 6.45) is 6.13. The molecule has 0 aliphatic carbocycles.